The molecule has 2 heterocycles. The Bertz CT molecular complexity index is 1080. The first-order valence-electron chi connectivity index (χ1n) is 10.1. The second-order valence-electron chi connectivity index (χ2n) is 7.35. The van der Waals surface area contributed by atoms with E-state index in [0.29, 0.717) is 30.1 Å². The van der Waals surface area contributed by atoms with Crippen molar-refractivity contribution >= 4 is 17.5 Å². The summed E-state index contributed by atoms with van der Waals surface area (Å²) < 4.78 is 21.7. The van der Waals surface area contributed by atoms with E-state index in [4.69, 9.17) is 4.74 Å². The number of nitrogens with zero attached hydrogens (tertiary/aromatic N) is 3. The van der Waals surface area contributed by atoms with Crippen molar-refractivity contribution in [2.75, 3.05) is 18.1 Å². The molecule has 0 radical (unpaired) electrons. The molecular weight excluding hydrogens is 399 g/mol. The lowest BCUT2D eigenvalue weighted by Crippen LogP contribution is -2.35. The fourth-order valence-electron chi connectivity index (χ4n) is 3.64. The minimum atomic E-state index is -0.749. The zero-order valence-corrected chi connectivity index (χ0v) is 17.1. The van der Waals surface area contributed by atoms with Crippen molar-refractivity contribution in [3.8, 4) is 5.75 Å². The number of imidazole rings is 1. The number of amides is 2. The standard InChI is InChI=1S/C23H23FN4O3/c1-27-14-12-25-23(27)22(18-5-2-3-6-19(18)24)26-20(29)15-31-17-10-8-16(9-11-17)28-13-4-7-21(28)30/h2-3,5-6,8-12,14,22H,4,7,13,15H2,1H3,(H,26,29)/t22-/m0/s1. The van der Waals surface area contributed by atoms with Crippen LogP contribution in [0.5, 0.6) is 5.75 Å². The second kappa shape index (κ2) is 8.99. The molecule has 0 aliphatic carbocycles. The summed E-state index contributed by atoms with van der Waals surface area (Å²) in [7, 11) is 1.78. The molecule has 1 N–H and O–H groups in total. The number of ether oxygens (including phenoxy) is 1. The molecule has 7 nitrogen and oxygen atoms in total. The molecule has 160 valence electrons. The number of carbonyl (C=O) groups excluding carboxylic acids is 2. The fourth-order valence-corrected chi connectivity index (χ4v) is 3.64. The van der Waals surface area contributed by atoms with Gasteiger partial charge in [-0.15, -0.1) is 0 Å². The number of rotatable bonds is 7. The van der Waals surface area contributed by atoms with Crippen LogP contribution in [0.15, 0.2) is 60.9 Å². The predicted molar refractivity (Wildman–Crippen MR) is 113 cm³/mol. The Kier molecular flexibility index (Phi) is 5.97. The zero-order valence-electron chi connectivity index (χ0n) is 17.1. The lowest BCUT2D eigenvalue weighted by Gasteiger charge is -2.20. The van der Waals surface area contributed by atoms with Gasteiger partial charge in [0.15, 0.2) is 6.61 Å². The van der Waals surface area contributed by atoms with Gasteiger partial charge in [0.25, 0.3) is 5.91 Å². The number of anilines is 1. The predicted octanol–water partition coefficient (Wildman–Crippen LogP) is 2.97. The van der Waals surface area contributed by atoms with Gasteiger partial charge in [0.2, 0.25) is 5.91 Å². The van der Waals surface area contributed by atoms with E-state index in [1.165, 1.54) is 6.07 Å². The first-order chi connectivity index (χ1) is 15.0. The quantitative estimate of drug-likeness (QED) is 0.635. The molecule has 4 rings (SSSR count). The van der Waals surface area contributed by atoms with E-state index in [0.717, 1.165) is 12.1 Å². The van der Waals surface area contributed by atoms with Crippen LogP contribution in [0.2, 0.25) is 0 Å². The van der Waals surface area contributed by atoms with E-state index >= 15 is 0 Å². The van der Waals surface area contributed by atoms with Crippen molar-refractivity contribution < 1.29 is 18.7 Å². The lowest BCUT2D eigenvalue weighted by atomic mass is 10.1. The highest BCUT2D eigenvalue weighted by Gasteiger charge is 2.24. The number of carbonyl (C=O) groups is 2. The van der Waals surface area contributed by atoms with Crippen molar-refractivity contribution in [2.45, 2.75) is 18.9 Å². The maximum Gasteiger partial charge on any atom is 0.258 e. The van der Waals surface area contributed by atoms with Gasteiger partial charge < -0.3 is 19.5 Å². The van der Waals surface area contributed by atoms with Crippen LogP contribution in [0.4, 0.5) is 10.1 Å². The summed E-state index contributed by atoms with van der Waals surface area (Å²) in [6.45, 7) is 0.476. The Morgan fingerprint density at radius 3 is 2.65 bits per heavy atom. The summed E-state index contributed by atoms with van der Waals surface area (Å²) in [6, 6.07) is 12.6. The van der Waals surface area contributed by atoms with Crippen LogP contribution in [0.1, 0.15) is 30.3 Å². The van der Waals surface area contributed by atoms with Crippen molar-refractivity contribution in [3.05, 3.63) is 78.1 Å². The van der Waals surface area contributed by atoms with Crippen LogP contribution in [-0.2, 0) is 16.6 Å². The number of aromatic nitrogens is 2. The smallest absolute Gasteiger partial charge is 0.258 e. The molecule has 0 bridgehead atoms. The van der Waals surface area contributed by atoms with Crippen LogP contribution in [0.25, 0.3) is 0 Å². The molecule has 1 aromatic heterocycles. The third-order valence-corrected chi connectivity index (χ3v) is 5.23. The summed E-state index contributed by atoms with van der Waals surface area (Å²) in [5, 5.41) is 2.81. The molecule has 2 amide bonds. The summed E-state index contributed by atoms with van der Waals surface area (Å²) in [5.74, 6) is 0.295. The van der Waals surface area contributed by atoms with E-state index in [1.54, 1.807) is 71.4 Å². The fraction of sp³-hybridized carbons (Fsp3) is 0.261. The molecule has 3 aromatic rings. The van der Waals surface area contributed by atoms with Gasteiger partial charge in [-0.1, -0.05) is 18.2 Å². The maximum atomic E-state index is 14.4. The average molecular weight is 422 g/mol. The molecule has 1 aliphatic rings. The third kappa shape index (κ3) is 4.58. The van der Waals surface area contributed by atoms with Gasteiger partial charge in [-0.2, -0.15) is 0 Å². The molecule has 0 spiro atoms. The molecule has 1 atom stereocenters. The van der Waals surface area contributed by atoms with Crippen LogP contribution in [-0.4, -0.2) is 34.5 Å². The molecular formula is C23H23FN4O3. The topological polar surface area (TPSA) is 76.5 Å². The Morgan fingerprint density at radius 1 is 1.23 bits per heavy atom. The normalized spacial score (nSPS) is 14.5. The highest BCUT2D eigenvalue weighted by molar-refractivity contribution is 5.95. The summed E-state index contributed by atoms with van der Waals surface area (Å²) in [4.78, 5) is 30.4. The average Bonchev–Trinajstić information content (AvgIpc) is 3.39. The Hall–Kier alpha value is -3.68. The third-order valence-electron chi connectivity index (χ3n) is 5.23. The van der Waals surface area contributed by atoms with Crippen LogP contribution in [0, 0.1) is 5.82 Å². The van der Waals surface area contributed by atoms with Gasteiger partial charge in [0.1, 0.15) is 23.4 Å². The highest BCUT2D eigenvalue weighted by Crippen LogP contribution is 2.25. The molecule has 31 heavy (non-hydrogen) atoms. The summed E-state index contributed by atoms with van der Waals surface area (Å²) >= 11 is 0. The Morgan fingerprint density at radius 2 is 2.00 bits per heavy atom. The first kappa shape index (κ1) is 20.6. The molecule has 2 aromatic carbocycles. The van der Waals surface area contributed by atoms with Crippen LogP contribution < -0.4 is 15.0 Å². The van der Waals surface area contributed by atoms with E-state index in [2.05, 4.69) is 10.3 Å². The summed E-state index contributed by atoms with van der Waals surface area (Å²) in [6.07, 6.45) is 4.75. The first-order valence-corrected chi connectivity index (χ1v) is 10.1. The number of hydrogen-bond acceptors (Lipinski definition) is 4. The van der Waals surface area contributed by atoms with E-state index in [-0.39, 0.29) is 12.5 Å². The van der Waals surface area contributed by atoms with Crippen LogP contribution >= 0.6 is 0 Å². The molecule has 0 saturated carbocycles. The molecule has 8 heteroatoms. The molecule has 0 unspecified atom stereocenters. The minimum Gasteiger partial charge on any atom is -0.484 e. The van der Waals surface area contributed by atoms with Gasteiger partial charge in [-0.05, 0) is 36.8 Å². The van der Waals surface area contributed by atoms with Crippen molar-refractivity contribution in [3.63, 3.8) is 0 Å². The van der Waals surface area contributed by atoms with E-state index < -0.39 is 17.8 Å². The van der Waals surface area contributed by atoms with Crippen molar-refractivity contribution in [1.82, 2.24) is 14.9 Å². The van der Waals surface area contributed by atoms with E-state index in [9.17, 15) is 14.0 Å². The largest absolute Gasteiger partial charge is 0.484 e. The maximum absolute atomic E-state index is 14.4. The van der Waals surface area contributed by atoms with Crippen molar-refractivity contribution in [1.29, 1.82) is 0 Å². The van der Waals surface area contributed by atoms with E-state index in [1.807, 2.05) is 0 Å². The number of hydrogen-bond donors (Lipinski definition) is 1. The molecule has 1 saturated heterocycles. The number of halogens is 1. The number of nitrogens with one attached hydrogen (secondary N) is 1. The van der Waals surface area contributed by atoms with Crippen LogP contribution in [0.3, 0.4) is 0 Å². The monoisotopic (exact) mass is 422 g/mol. The van der Waals surface area contributed by atoms with Gasteiger partial charge in [-0.3, -0.25) is 9.59 Å². The lowest BCUT2D eigenvalue weighted by molar-refractivity contribution is -0.123. The van der Waals surface area contributed by atoms with Crippen molar-refractivity contribution in [2.24, 2.45) is 7.05 Å². The Balaban J connectivity index is 1.42. The number of aryl methyl sites for hydroxylation is 1. The Labute approximate surface area is 179 Å². The van der Waals surface area contributed by atoms with Gasteiger partial charge in [-0.25, -0.2) is 9.37 Å². The zero-order chi connectivity index (χ0) is 21.8. The minimum absolute atomic E-state index is 0.113. The highest BCUT2D eigenvalue weighted by atomic mass is 19.1. The van der Waals surface area contributed by atoms with Gasteiger partial charge in [0.05, 0.1) is 0 Å². The van der Waals surface area contributed by atoms with Gasteiger partial charge >= 0.3 is 0 Å². The summed E-state index contributed by atoms with van der Waals surface area (Å²) in [5.41, 5.74) is 1.14. The SMILES string of the molecule is Cn1ccnc1[C@@H](NC(=O)COc1ccc(N2CCCC2=O)cc1)c1ccccc1F. The number of benzene rings is 2. The second-order valence-corrected chi connectivity index (χ2v) is 7.35. The molecule has 1 fully saturated rings. The van der Waals surface area contributed by atoms with Gasteiger partial charge in [0, 0.05) is 43.7 Å². The molecule has 1 aliphatic heterocycles.